The summed E-state index contributed by atoms with van der Waals surface area (Å²) in [7, 11) is 0. The number of pyridine rings is 1. The van der Waals surface area contributed by atoms with Crippen LogP contribution in [-0.4, -0.2) is 16.5 Å². The largest absolute Gasteiger partial charge is 0.364 e. The van der Waals surface area contributed by atoms with Gasteiger partial charge in [-0.15, -0.1) is 0 Å². The highest BCUT2D eigenvalue weighted by molar-refractivity contribution is 9.10. The van der Waals surface area contributed by atoms with Crippen molar-refractivity contribution < 1.29 is 4.92 Å². The standard InChI is InChI=1S/C12H16BrN3O2/c1-8-3-2-4-9(8)6-14-12-11(16(17)18)5-10(13)7-15-12/h5,7-9H,2-4,6H2,1H3,(H,14,15). The second-order valence-electron chi connectivity index (χ2n) is 4.83. The minimum Gasteiger partial charge on any atom is -0.364 e. The van der Waals surface area contributed by atoms with E-state index in [1.165, 1.54) is 25.3 Å². The molecule has 1 aliphatic rings. The molecule has 1 fully saturated rings. The maximum Gasteiger partial charge on any atom is 0.312 e. The SMILES string of the molecule is CC1CCCC1CNc1ncc(Br)cc1[N+](=O)[O-]. The van der Waals surface area contributed by atoms with Gasteiger partial charge in [0.25, 0.3) is 0 Å². The van der Waals surface area contributed by atoms with E-state index in [2.05, 4.69) is 33.2 Å². The third-order valence-corrected chi connectivity index (χ3v) is 4.04. The zero-order valence-corrected chi connectivity index (χ0v) is 11.8. The Hall–Kier alpha value is -1.17. The number of hydrogen-bond acceptors (Lipinski definition) is 4. The molecule has 1 heterocycles. The van der Waals surface area contributed by atoms with E-state index in [1.807, 2.05) is 0 Å². The molecule has 0 spiro atoms. The first-order chi connectivity index (χ1) is 8.58. The normalized spacial score (nSPS) is 23.0. The van der Waals surface area contributed by atoms with E-state index in [4.69, 9.17) is 0 Å². The zero-order chi connectivity index (χ0) is 13.1. The Morgan fingerprint density at radius 2 is 2.39 bits per heavy atom. The first kappa shape index (κ1) is 13.3. The lowest BCUT2D eigenvalue weighted by molar-refractivity contribution is -0.384. The Kier molecular flexibility index (Phi) is 4.16. The monoisotopic (exact) mass is 313 g/mol. The van der Waals surface area contributed by atoms with Crippen LogP contribution < -0.4 is 5.32 Å². The Bertz CT molecular complexity index is 453. The summed E-state index contributed by atoms with van der Waals surface area (Å²) in [5.74, 6) is 1.64. The topological polar surface area (TPSA) is 68.1 Å². The molecule has 2 atom stereocenters. The highest BCUT2D eigenvalue weighted by atomic mass is 79.9. The summed E-state index contributed by atoms with van der Waals surface area (Å²) in [4.78, 5) is 14.6. The lowest BCUT2D eigenvalue weighted by Gasteiger charge is -2.16. The van der Waals surface area contributed by atoms with Gasteiger partial charge in [0.2, 0.25) is 5.82 Å². The van der Waals surface area contributed by atoms with Crippen LogP contribution in [0.1, 0.15) is 26.2 Å². The van der Waals surface area contributed by atoms with Gasteiger partial charge in [-0.05, 0) is 34.2 Å². The van der Waals surface area contributed by atoms with Crippen molar-refractivity contribution in [3.05, 3.63) is 26.9 Å². The number of nitrogens with one attached hydrogen (secondary N) is 1. The number of anilines is 1. The van der Waals surface area contributed by atoms with E-state index < -0.39 is 4.92 Å². The first-order valence-electron chi connectivity index (χ1n) is 6.11. The minimum atomic E-state index is -0.405. The van der Waals surface area contributed by atoms with Crippen molar-refractivity contribution in [3.63, 3.8) is 0 Å². The Labute approximate surface area is 114 Å². The third-order valence-electron chi connectivity index (χ3n) is 3.60. The summed E-state index contributed by atoms with van der Waals surface area (Å²) in [6.07, 6.45) is 5.28. The van der Waals surface area contributed by atoms with E-state index in [0.717, 1.165) is 6.54 Å². The number of rotatable bonds is 4. The van der Waals surface area contributed by atoms with E-state index in [1.54, 1.807) is 6.20 Å². The highest BCUT2D eigenvalue weighted by Crippen LogP contribution is 2.32. The highest BCUT2D eigenvalue weighted by Gasteiger charge is 2.24. The third kappa shape index (κ3) is 2.98. The average molecular weight is 314 g/mol. The molecule has 0 amide bonds. The van der Waals surface area contributed by atoms with Crippen LogP contribution in [0.2, 0.25) is 0 Å². The molecular weight excluding hydrogens is 298 g/mol. The van der Waals surface area contributed by atoms with Gasteiger partial charge in [-0.2, -0.15) is 0 Å². The van der Waals surface area contributed by atoms with Crippen LogP contribution in [0.5, 0.6) is 0 Å². The predicted octanol–water partition coefficient (Wildman–Crippen LogP) is 3.60. The van der Waals surface area contributed by atoms with Crippen molar-refractivity contribution in [1.82, 2.24) is 4.98 Å². The molecule has 1 aromatic heterocycles. The Morgan fingerprint density at radius 3 is 3.00 bits per heavy atom. The fourth-order valence-corrected chi connectivity index (χ4v) is 2.78. The predicted molar refractivity (Wildman–Crippen MR) is 73.6 cm³/mol. The van der Waals surface area contributed by atoms with E-state index >= 15 is 0 Å². The smallest absolute Gasteiger partial charge is 0.312 e. The number of aromatic nitrogens is 1. The van der Waals surface area contributed by atoms with Crippen LogP contribution in [0, 0.1) is 22.0 Å². The lowest BCUT2D eigenvalue weighted by Crippen LogP contribution is -2.17. The molecule has 1 saturated carbocycles. The Morgan fingerprint density at radius 1 is 1.61 bits per heavy atom. The molecule has 1 aromatic rings. The van der Waals surface area contributed by atoms with Crippen LogP contribution in [0.4, 0.5) is 11.5 Å². The van der Waals surface area contributed by atoms with Crippen LogP contribution in [0.3, 0.4) is 0 Å². The molecule has 2 rings (SSSR count). The van der Waals surface area contributed by atoms with Gasteiger partial charge in [0.05, 0.1) is 4.92 Å². The second-order valence-corrected chi connectivity index (χ2v) is 5.74. The molecule has 0 radical (unpaired) electrons. The van der Waals surface area contributed by atoms with Crippen LogP contribution in [-0.2, 0) is 0 Å². The molecular formula is C12H16BrN3O2. The summed E-state index contributed by atoms with van der Waals surface area (Å²) in [6.45, 7) is 3.00. The van der Waals surface area contributed by atoms with Crippen molar-refractivity contribution >= 4 is 27.4 Å². The van der Waals surface area contributed by atoms with Crippen molar-refractivity contribution in [3.8, 4) is 0 Å². The summed E-state index contributed by atoms with van der Waals surface area (Å²) in [5, 5.41) is 14.1. The van der Waals surface area contributed by atoms with Crippen LogP contribution >= 0.6 is 15.9 Å². The van der Waals surface area contributed by atoms with Crippen LogP contribution in [0.15, 0.2) is 16.7 Å². The summed E-state index contributed by atoms with van der Waals surface area (Å²) in [5.41, 5.74) is 0.0232. The van der Waals surface area contributed by atoms with E-state index in [9.17, 15) is 10.1 Å². The Balaban J connectivity index is 2.06. The average Bonchev–Trinajstić information content (AvgIpc) is 2.73. The molecule has 2 unspecified atom stereocenters. The molecule has 0 saturated heterocycles. The van der Waals surface area contributed by atoms with Crippen LogP contribution in [0.25, 0.3) is 0 Å². The van der Waals surface area contributed by atoms with Gasteiger partial charge in [0, 0.05) is 23.3 Å². The first-order valence-corrected chi connectivity index (χ1v) is 6.91. The lowest BCUT2D eigenvalue weighted by atomic mass is 9.98. The maximum atomic E-state index is 10.9. The maximum absolute atomic E-state index is 10.9. The molecule has 0 aliphatic heterocycles. The van der Waals surface area contributed by atoms with Crippen molar-refractivity contribution in [1.29, 1.82) is 0 Å². The van der Waals surface area contributed by atoms with Crippen molar-refractivity contribution in [2.24, 2.45) is 11.8 Å². The van der Waals surface area contributed by atoms with Gasteiger partial charge in [-0.25, -0.2) is 4.98 Å². The molecule has 0 bridgehead atoms. The number of halogens is 1. The van der Waals surface area contributed by atoms with Gasteiger partial charge in [-0.1, -0.05) is 19.8 Å². The van der Waals surface area contributed by atoms with Gasteiger partial charge in [-0.3, -0.25) is 10.1 Å². The molecule has 0 aromatic carbocycles. The molecule has 1 aliphatic carbocycles. The summed E-state index contributed by atoms with van der Waals surface area (Å²) >= 11 is 3.20. The number of hydrogen-bond donors (Lipinski definition) is 1. The van der Waals surface area contributed by atoms with E-state index in [-0.39, 0.29) is 5.69 Å². The molecule has 6 heteroatoms. The van der Waals surface area contributed by atoms with Gasteiger partial charge in [0.1, 0.15) is 0 Å². The number of nitrogens with zero attached hydrogens (tertiary/aromatic N) is 2. The fraction of sp³-hybridized carbons (Fsp3) is 0.583. The van der Waals surface area contributed by atoms with Gasteiger partial charge in [0.15, 0.2) is 0 Å². The van der Waals surface area contributed by atoms with Crippen molar-refractivity contribution in [2.75, 3.05) is 11.9 Å². The summed E-state index contributed by atoms with van der Waals surface area (Å²) in [6, 6.07) is 1.48. The summed E-state index contributed by atoms with van der Waals surface area (Å²) < 4.78 is 0.619. The number of nitro groups is 1. The minimum absolute atomic E-state index is 0.0232. The second kappa shape index (κ2) is 5.65. The molecule has 1 N–H and O–H groups in total. The van der Waals surface area contributed by atoms with Crippen molar-refractivity contribution in [2.45, 2.75) is 26.2 Å². The molecule has 98 valence electrons. The fourth-order valence-electron chi connectivity index (χ4n) is 2.46. The van der Waals surface area contributed by atoms with Gasteiger partial charge < -0.3 is 5.32 Å². The zero-order valence-electron chi connectivity index (χ0n) is 10.2. The quantitative estimate of drug-likeness (QED) is 0.681. The molecule has 5 nitrogen and oxygen atoms in total. The van der Waals surface area contributed by atoms with E-state index in [0.29, 0.717) is 22.1 Å². The van der Waals surface area contributed by atoms with Gasteiger partial charge >= 0.3 is 5.69 Å². The molecule has 18 heavy (non-hydrogen) atoms.